The zero-order valence-corrected chi connectivity index (χ0v) is 7.84. The summed E-state index contributed by atoms with van der Waals surface area (Å²) in [6, 6.07) is 0. The highest BCUT2D eigenvalue weighted by Crippen LogP contribution is 2.47. The summed E-state index contributed by atoms with van der Waals surface area (Å²) >= 11 is 0. The first-order valence-electron chi connectivity index (χ1n) is 4.98. The van der Waals surface area contributed by atoms with E-state index in [1.54, 1.807) is 0 Å². The second-order valence-electron chi connectivity index (χ2n) is 3.98. The molecule has 1 aliphatic heterocycles. The van der Waals surface area contributed by atoms with Gasteiger partial charge in [-0.1, -0.05) is 0 Å². The van der Waals surface area contributed by atoms with Crippen LogP contribution in [0.1, 0.15) is 19.3 Å². The number of hydrogen-bond donors (Lipinski definition) is 3. The highest BCUT2D eigenvalue weighted by molar-refractivity contribution is 5.81. The molecule has 0 aromatic carbocycles. The quantitative estimate of drug-likeness (QED) is 0.561. The maximum atomic E-state index is 8.86. The summed E-state index contributed by atoms with van der Waals surface area (Å²) in [5.41, 5.74) is 0.377. The molecule has 0 unspecified atom stereocenters. The zero-order chi connectivity index (χ0) is 9.15. The molecular weight excluding hydrogens is 166 g/mol. The Morgan fingerprint density at radius 1 is 1.54 bits per heavy atom. The van der Waals surface area contributed by atoms with Crippen LogP contribution in [0, 0.1) is 5.41 Å². The van der Waals surface area contributed by atoms with Crippen molar-refractivity contribution in [3.8, 4) is 0 Å². The molecule has 0 atom stereocenters. The minimum absolute atomic E-state index is 0.307. The molecule has 1 heterocycles. The molecule has 2 aliphatic rings. The van der Waals surface area contributed by atoms with Crippen molar-refractivity contribution in [2.75, 3.05) is 26.2 Å². The minimum atomic E-state index is 0.307. The Morgan fingerprint density at radius 3 is 2.92 bits per heavy atom. The maximum Gasteiger partial charge on any atom is 0.191 e. The summed E-state index contributed by atoms with van der Waals surface area (Å²) < 4.78 is 0. The van der Waals surface area contributed by atoms with E-state index in [-0.39, 0.29) is 0 Å². The van der Waals surface area contributed by atoms with E-state index in [9.17, 15) is 0 Å². The predicted molar refractivity (Wildman–Crippen MR) is 51.7 cm³/mol. The van der Waals surface area contributed by atoms with E-state index in [1.807, 2.05) is 0 Å². The summed E-state index contributed by atoms with van der Waals surface area (Å²) in [6.45, 7) is 3.10. The van der Waals surface area contributed by atoms with Gasteiger partial charge >= 0.3 is 0 Å². The van der Waals surface area contributed by atoms with Gasteiger partial charge in [-0.25, -0.2) is 0 Å². The van der Waals surface area contributed by atoms with Gasteiger partial charge in [0.05, 0.1) is 6.54 Å². The summed E-state index contributed by atoms with van der Waals surface area (Å²) in [5, 5.41) is 15.3. The van der Waals surface area contributed by atoms with Crippen molar-refractivity contribution in [3.63, 3.8) is 0 Å². The lowest BCUT2D eigenvalue weighted by Crippen LogP contribution is -2.37. The van der Waals surface area contributed by atoms with Crippen LogP contribution >= 0.6 is 0 Å². The third-order valence-electron chi connectivity index (χ3n) is 2.90. The molecule has 13 heavy (non-hydrogen) atoms. The van der Waals surface area contributed by atoms with Crippen LogP contribution in [-0.4, -0.2) is 37.3 Å². The lowest BCUT2D eigenvalue weighted by atomic mass is 10.0. The molecule has 0 aromatic rings. The molecule has 0 saturated heterocycles. The van der Waals surface area contributed by atoms with Crippen molar-refractivity contribution >= 4 is 5.96 Å². The van der Waals surface area contributed by atoms with Crippen LogP contribution in [0.3, 0.4) is 0 Å². The maximum absolute atomic E-state index is 8.86. The molecule has 1 saturated carbocycles. The van der Waals surface area contributed by atoms with E-state index >= 15 is 0 Å². The first-order chi connectivity index (χ1) is 6.35. The Labute approximate surface area is 78.4 Å². The lowest BCUT2D eigenvalue weighted by molar-refractivity contribution is 0.248. The molecule has 0 aromatic heterocycles. The molecule has 74 valence electrons. The topological polar surface area (TPSA) is 56.6 Å². The average Bonchev–Trinajstić information content (AvgIpc) is 2.71. The van der Waals surface area contributed by atoms with E-state index < -0.39 is 0 Å². The number of rotatable bonds is 4. The van der Waals surface area contributed by atoms with Crippen molar-refractivity contribution in [2.45, 2.75) is 19.3 Å². The van der Waals surface area contributed by atoms with Crippen LogP contribution in [0.2, 0.25) is 0 Å². The van der Waals surface area contributed by atoms with Gasteiger partial charge in [0.15, 0.2) is 5.96 Å². The Morgan fingerprint density at radius 2 is 2.38 bits per heavy atom. The van der Waals surface area contributed by atoms with Crippen LogP contribution in [0.4, 0.5) is 0 Å². The number of hydrogen-bond acceptors (Lipinski definition) is 4. The molecule has 1 aliphatic carbocycles. The number of aliphatic hydroxyl groups excluding tert-OH is 1. The predicted octanol–water partition coefficient (Wildman–Crippen LogP) is -0.302. The zero-order valence-electron chi connectivity index (χ0n) is 7.84. The van der Waals surface area contributed by atoms with Crippen LogP contribution < -0.4 is 10.6 Å². The number of aliphatic imine (C=N–C) groups is 1. The summed E-state index contributed by atoms with van der Waals surface area (Å²) in [4.78, 5) is 4.26. The summed E-state index contributed by atoms with van der Waals surface area (Å²) in [7, 11) is 0. The van der Waals surface area contributed by atoms with E-state index in [0.717, 1.165) is 32.0 Å². The molecule has 4 heteroatoms. The first kappa shape index (κ1) is 8.81. The van der Waals surface area contributed by atoms with E-state index in [0.29, 0.717) is 12.0 Å². The van der Waals surface area contributed by atoms with Crippen molar-refractivity contribution in [1.82, 2.24) is 10.6 Å². The van der Waals surface area contributed by atoms with E-state index in [4.69, 9.17) is 5.11 Å². The monoisotopic (exact) mass is 183 g/mol. The molecule has 4 nitrogen and oxygen atoms in total. The van der Waals surface area contributed by atoms with Gasteiger partial charge in [-0.3, -0.25) is 4.99 Å². The smallest absolute Gasteiger partial charge is 0.191 e. The van der Waals surface area contributed by atoms with Gasteiger partial charge in [0.2, 0.25) is 0 Å². The fraction of sp³-hybridized carbons (Fsp3) is 0.889. The van der Waals surface area contributed by atoms with Crippen molar-refractivity contribution < 1.29 is 5.11 Å². The Bertz CT molecular complexity index is 211. The van der Waals surface area contributed by atoms with Crippen molar-refractivity contribution in [1.29, 1.82) is 0 Å². The number of guanidine groups is 1. The number of aliphatic hydroxyl groups is 1. The minimum Gasteiger partial charge on any atom is -0.396 e. The van der Waals surface area contributed by atoms with Crippen LogP contribution in [0.25, 0.3) is 0 Å². The molecule has 3 N–H and O–H groups in total. The second kappa shape index (κ2) is 3.54. The van der Waals surface area contributed by atoms with Gasteiger partial charge in [0.1, 0.15) is 0 Å². The third kappa shape index (κ3) is 2.12. The van der Waals surface area contributed by atoms with Gasteiger partial charge in [-0.05, 0) is 24.7 Å². The standard InChI is InChI=1S/C9H17N3O/c13-6-3-9(1-2-9)7-12-8-10-4-5-11-8/h13H,1-7H2,(H2,10,11,12). The highest BCUT2D eigenvalue weighted by atomic mass is 16.3. The lowest BCUT2D eigenvalue weighted by Gasteiger charge is -2.15. The molecular formula is C9H17N3O. The molecule has 0 amide bonds. The SMILES string of the molecule is OCCC1(CNC2=NCCN2)CC1. The molecule has 0 bridgehead atoms. The van der Waals surface area contributed by atoms with Gasteiger partial charge in [-0.2, -0.15) is 0 Å². The molecule has 0 radical (unpaired) electrons. The van der Waals surface area contributed by atoms with Crippen LogP contribution in [0.5, 0.6) is 0 Å². The van der Waals surface area contributed by atoms with Crippen LogP contribution in [-0.2, 0) is 0 Å². The van der Waals surface area contributed by atoms with Crippen molar-refractivity contribution in [3.05, 3.63) is 0 Å². The van der Waals surface area contributed by atoms with Crippen LogP contribution in [0.15, 0.2) is 4.99 Å². The van der Waals surface area contributed by atoms with Crippen molar-refractivity contribution in [2.24, 2.45) is 10.4 Å². The summed E-state index contributed by atoms with van der Waals surface area (Å²) in [5.74, 6) is 0.934. The second-order valence-corrected chi connectivity index (χ2v) is 3.98. The summed E-state index contributed by atoms with van der Waals surface area (Å²) in [6.07, 6.45) is 3.41. The highest BCUT2D eigenvalue weighted by Gasteiger charge is 2.41. The number of nitrogens with zero attached hydrogens (tertiary/aromatic N) is 1. The molecule has 1 fully saturated rings. The Balaban J connectivity index is 1.72. The van der Waals surface area contributed by atoms with E-state index in [2.05, 4.69) is 15.6 Å². The normalized spacial score (nSPS) is 23.6. The van der Waals surface area contributed by atoms with Gasteiger partial charge in [0.25, 0.3) is 0 Å². The number of nitrogens with one attached hydrogen (secondary N) is 2. The Hall–Kier alpha value is -0.770. The first-order valence-corrected chi connectivity index (χ1v) is 4.98. The third-order valence-corrected chi connectivity index (χ3v) is 2.90. The Kier molecular flexibility index (Phi) is 2.40. The largest absolute Gasteiger partial charge is 0.396 e. The van der Waals surface area contributed by atoms with Gasteiger partial charge < -0.3 is 15.7 Å². The molecule has 2 rings (SSSR count). The van der Waals surface area contributed by atoms with Gasteiger partial charge in [-0.15, -0.1) is 0 Å². The molecule has 0 spiro atoms. The van der Waals surface area contributed by atoms with E-state index in [1.165, 1.54) is 12.8 Å². The fourth-order valence-corrected chi connectivity index (χ4v) is 1.72. The van der Waals surface area contributed by atoms with Gasteiger partial charge in [0, 0.05) is 19.7 Å². The fourth-order valence-electron chi connectivity index (χ4n) is 1.72. The average molecular weight is 183 g/mol.